The fourth-order valence-corrected chi connectivity index (χ4v) is 2.74. The molecule has 0 saturated carbocycles. The van der Waals surface area contributed by atoms with Gasteiger partial charge in [0.15, 0.2) is 0 Å². The van der Waals surface area contributed by atoms with Crippen LogP contribution < -0.4 is 0 Å². The molecule has 0 radical (unpaired) electrons. The Morgan fingerprint density at radius 3 is 2.36 bits per heavy atom. The summed E-state index contributed by atoms with van der Waals surface area (Å²) >= 11 is 0. The Kier molecular flexibility index (Phi) is 3.01. The van der Waals surface area contributed by atoms with Gasteiger partial charge < -0.3 is 10.0 Å². The minimum absolute atomic E-state index is 0.238. The van der Waals surface area contributed by atoms with E-state index in [0.717, 1.165) is 6.26 Å². The van der Waals surface area contributed by atoms with Crippen LogP contribution in [-0.2, 0) is 10.0 Å². The van der Waals surface area contributed by atoms with Crippen molar-refractivity contribution in [3.8, 4) is 0 Å². The van der Waals surface area contributed by atoms with Crippen LogP contribution in [0.25, 0.3) is 0 Å². The van der Waals surface area contributed by atoms with E-state index in [1.54, 1.807) is 6.92 Å². The van der Waals surface area contributed by atoms with E-state index < -0.39 is 16.1 Å². The topological polar surface area (TPSA) is 77.9 Å². The third-order valence-electron chi connectivity index (χ3n) is 2.26. The molecule has 0 aromatic carbocycles. The van der Waals surface area contributed by atoms with E-state index >= 15 is 0 Å². The van der Waals surface area contributed by atoms with Crippen molar-refractivity contribution in [2.75, 3.05) is 25.9 Å². The maximum Gasteiger partial charge on any atom is 0.407 e. The zero-order valence-electron chi connectivity index (χ0n) is 8.17. The number of hydrogen-bond acceptors (Lipinski definition) is 3. The van der Waals surface area contributed by atoms with Gasteiger partial charge in [-0.15, -0.1) is 0 Å². The highest BCUT2D eigenvalue weighted by Gasteiger charge is 2.31. The highest BCUT2D eigenvalue weighted by Crippen LogP contribution is 2.12. The zero-order valence-corrected chi connectivity index (χ0v) is 8.99. The molecule has 0 bridgehead atoms. The van der Waals surface area contributed by atoms with Crippen LogP contribution in [0.4, 0.5) is 4.79 Å². The van der Waals surface area contributed by atoms with E-state index in [1.807, 2.05) is 0 Å². The molecule has 1 fully saturated rings. The highest BCUT2D eigenvalue weighted by molar-refractivity contribution is 7.88. The SMILES string of the molecule is C[C@H]1CN(C(=O)O)CCN1S(C)(=O)=O. The maximum atomic E-state index is 11.2. The maximum absolute atomic E-state index is 11.2. The number of carbonyl (C=O) groups is 1. The first kappa shape index (κ1) is 11.3. The van der Waals surface area contributed by atoms with Crippen LogP contribution in [0, 0.1) is 0 Å². The summed E-state index contributed by atoms with van der Waals surface area (Å²) in [5.74, 6) is 0. The van der Waals surface area contributed by atoms with Gasteiger partial charge in [-0.25, -0.2) is 13.2 Å². The zero-order chi connectivity index (χ0) is 10.9. The van der Waals surface area contributed by atoms with Gasteiger partial charge in [-0.05, 0) is 6.92 Å². The Balaban J connectivity index is 2.70. The molecule has 1 heterocycles. The Morgan fingerprint density at radius 1 is 1.43 bits per heavy atom. The Hall–Kier alpha value is -0.820. The molecule has 14 heavy (non-hydrogen) atoms. The van der Waals surface area contributed by atoms with E-state index in [2.05, 4.69) is 0 Å². The lowest BCUT2D eigenvalue weighted by Gasteiger charge is -2.36. The number of amides is 1. The Bertz CT molecular complexity index is 327. The Labute approximate surface area is 83.2 Å². The van der Waals surface area contributed by atoms with Gasteiger partial charge in [0.1, 0.15) is 0 Å². The van der Waals surface area contributed by atoms with Crippen LogP contribution >= 0.6 is 0 Å². The van der Waals surface area contributed by atoms with Crippen LogP contribution in [0.5, 0.6) is 0 Å². The van der Waals surface area contributed by atoms with Crippen molar-refractivity contribution in [1.29, 1.82) is 0 Å². The molecule has 0 aliphatic carbocycles. The normalized spacial score (nSPS) is 25.0. The lowest BCUT2D eigenvalue weighted by molar-refractivity contribution is 0.109. The third-order valence-corrected chi connectivity index (χ3v) is 3.66. The quantitative estimate of drug-likeness (QED) is 0.656. The molecular weight excluding hydrogens is 208 g/mol. The molecule has 7 heteroatoms. The minimum atomic E-state index is -3.21. The molecule has 0 spiro atoms. The lowest BCUT2D eigenvalue weighted by Crippen LogP contribution is -2.54. The largest absolute Gasteiger partial charge is 0.465 e. The van der Waals surface area contributed by atoms with Gasteiger partial charge in [-0.1, -0.05) is 0 Å². The van der Waals surface area contributed by atoms with Crippen molar-refractivity contribution in [3.05, 3.63) is 0 Å². The molecular formula is C7H14N2O4S. The molecule has 0 aromatic heterocycles. The van der Waals surface area contributed by atoms with Crippen molar-refractivity contribution in [2.24, 2.45) is 0 Å². The van der Waals surface area contributed by atoms with Crippen molar-refractivity contribution in [3.63, 3.8) is 0 Å². The van der Waals surface area contributed by atoms with Crippen LogP contribution in [0.3, 0.4) is 0 Å². The van der Waals surface area contributed by atoms with E-state index in [9.17, 15) is 13.2 Å². The fraction of sp³-hybridized carbons (Fsp3) is 0.857. The smallest absolute Gasteiger partial charge is 0.407 e. The number of hydrogen-bond donors (Lipinski definition) is 1. The summed E-state index contributed by atoms with van der Waals surface area (Å²) in [6.45, 7) is 2.43. The highest BCUT2D eigenvalue weighted by atomic mass is 32.2. The summed E-state index contributed by atoms with van der Waals surface area (Å²) in [5, 5.41) is 8.70. The average Bonchev–Trinajstić information content (AvgIpc) is 2.01. The number of rotatable bonds is 1. The first-order valence-corrected chi connectivity index (χ1v) is 6.12. The minimum Gasteiger partial charge on any atom is -0.465 e. The van der Waals surface area contributed by atoms with Crippen LogP contribution in [0.2, 0.25) is 0 Å². The molecule has 1 amide bonds. The van der Waals surface area contributed by atoms with Crippen molar-refractivity contribution in [2.45, 2.75) is 13.0 Å². The van der Waals surface area contributed by atoms with E-state index in [4.69, 9.17) is 5.11 Å². The summed E-state index contributed by atoms with van der Waals surface area (Å²) in [6.07, 6.45) is 0.143. The van der Waals surface area contributed by atoms with Gasteiger partial charge in [0, 0.05) is 25.7 Å². The van der Waals surface area contributed by atoms with E-state index in [0.29, 0.717) is 0 Å². The predicted molar refractivity (Wildman–Crippen MR) is 50.6 cm³/mol. The molecule has 1 N–H and O–H groups in total. The fourth-order valence-electron chi connectivity index (χ4n) is 1.61. The molecule has 1 aliphatic rings. The number of sulfonamides is 1. The van der Waals surface area contributed by atoms with Gasteiger partial charge in [-0.3, -0.25) is 0 Å². The Morgan fingerprint density at radius 2 is 2.00 bits per heavy atom. The van der Waals surface area contributed by atoms with Crippen LogP contribution in [0.1, 0.15) is 6.92 Å². The number of piperazine rings is 1. The molecule has 0 aromatic rings. The molecule has 1 atom stereocenters. The van der Waals surface area contributed by atoms with Gasteiger partial charge in [0.2, 0.25) is 10.0 Å². The second-order valence-corrected chi connectivity index (χ2v) is 5.39. The molecule has 1 saturated heterocycles. The number of carboxylic acid groups (broad SMARTS) is 1. The average molecular weight is 222 g/mol. The van der Waals surface area contributed by atoms with Crippen molar-refractivity contribution in [1.82, 2.24) is 9.21 Å². The summed E-state index contributed by atoms with van der Waals surface area (Å²) < 4.78 is 23.8. The van der Waals surface area contributed by atoms with Crippen molar-refractivity contribution < 1.29 is 18.3 Å². The van der Waals surface area contributed by atoms with Gasteiger partial charge >= 0.3 is 6.09 Å². The summed E-state index contributed by atoms with van der Waals surface area (Å²) in [4.78, 5) is 11.8. The molecule has 82 valence electrons. The molecule has 0 unspecified atom stereocenters. The monoisotopic (exact) mass is 222 g/mol. The lowest BCUT2D eigenvalue weighted by atomic mass is 10.2. The predicted octanol–water partition coefficient (Wildman–Crippen LogP) is -0.370. The second-order valence-electron chi connectivity index (χ2n) is 3.45. The first-order chi connectivity index (χ1) is 6.32. The second kappa shape index (κ2) is 3.74. The molecule has 1 rings (SSSR count). The van der Waals surface area contributed by atoms with Gasteiger partial charge in [0.05, 0.1) is 6.26 Å². The van der Waals surface area contributed by atoms with Gasteiger partial charge in [0.25, 0.3) is 0 Å². The summed E-state index contributed by atoms with van der Waals surface area (Å²) in [6, 6.07) is -0.283. The molecule has 6 nitrogen and oxygen atoms in total. The third kappa shape index (κ3) is 2.36. The standard InChI is InChI=1S/C7H14N2O4S/c1-6-5-8(7(10)11)3-4-9(6)14(2,12)13/h6H,3-5H2,1-2H3,(H,10,11)/t6-/m0/s1. The van der Waals surface area contributed by atoms with Crippen LogP contribution in [-0.4, -0.2) is 60.8 Å². The van der Waals surface area contributed by atoms with Gasteiger partial charge in [-0.2, -0.15) is 4.31 Å². The first-order valence-electron chi connectivity index (χ1n) is 4.27. The van der Waals surface area contributed by atoms with Crippen molar-refractivity contribution >= 4 is 16.1 Å². The van der Waals surface area contributed by atoms with E-state index in [1.165, 1.54) is 9.21 Å². The van der Waals surface area contributed by atoms with Crippen LogP contribution in [0.15, 0.2) is 0 Å². The molecule has 1 aliphatic heterocycles. The van der Waals surface area contributed by atoms with E-state index in [-0.39, 0.29) is 25.7 Å². The number of nitrogens with zero attached hydrogens (tertiary/aromatic N) is 2. The summed E-state index contributed by atoms with van der Waals surface area (Å²) in [7, 11) is -3.21. The summed E-state index contributed by atoms with van der Waals surface area (Å²) in [5.41, 5.74) is 0.